The quantitative estimate of drug-likeness (QED) is 0.463. The van der Waals surface area contributed by atoms with Gasteiger partial charge in [0.25, 0.3) is 0 Å². The molecule has 1 atom stereocenters. The van der Waals surface area contributed by atoms with Crippen LogP contribution in [0.3, 0.4) is 0 Å². The minimum absolute atomic E-state index is 0.0108. The summed E-state index contributed by atoms with van der Waals surface area (Å²) < 4.78 is 26.8. The van der Waals surface area contributed by atoms with Gasteiger partial charge in [0.15, 0.2) is 0 Å². The minimum Gasteiger partial charge on any atom is -0.463 e. The monoisotopic (exact) mass is 461 g/mol. The first kappa shape index (κ1) is 25.4. The van der Waals surface area contributed by atoms with Gasteiger partial charge >= 0.3 is 5.97 Å². The SMILES string of the molecule is CCCC(=O)OCC(O)CN(CCN1CCOCC1)Cc1cccn1Cc1ccccc1F. The Morgan fingerprint density at radius 1 is 1.24 bits per heavy atom. The summed E-state index contributed by atoms with van der Waals surface area (Å²) in [5, 5.41) is 10.5. The zero-order chi connectivity index (χ0) is 23.5. The van der Waals surface area contributed by atoms with E-state index < -0.39 is 6.10 Å². The Morgan fingerprint density at radius 2 is 2.03 bits per heavy atom. The van der Waals surface area contributed by atoms with E-state index in [1.807, 2.05) is 35.9 Å². The third-order valence-corrected chi connectivity index (χ3v) is 5.80. The highest BCUT2D eigenvalue weighted by Crippen LogP contribution is 2.14. The third kappa shape index (κ3) is 8.55. The van der Waals surface area contributed by atoms with Crippen LogP contribution in [0.25, 0.3) is 0 Å². The van der Waals surface area contributed by atoms with E-state index in [0.717, 1.165) is 51.5 Å². The van der Waals surface area contributed by atoms with Crippen LogP contribution in [0.4, 0.5) is 4.39 Å². The molecule has 33 heavy (non-hydrogen) atoms. The summed E-state index contributed by atoms with van der Waals surface area (Å²) in [6, 6.07) is 10.8. The lowest BCUT2D eigenvalue weighted by Crippen LogP contribution is -2.43. The molecule has 8 heteroatoms. The Balaban J connectivity index is 1.62. The number of morpholine rings is 1. The normalized spacial score (nSPS) is 15.6. The van der Waals surface area contributed by atoms with Gasteiger partial charge in [-0.05, 0) is 24.6 Å². The number of hydrogen-bond donors (Lipinski definition) is 1. The number of esters is 1. The van der Waals surface area contributed by atoms with Crippen LogP contribution in [0.5, 0.6) is 0 Å². The van der Waals surface area contributed by atoms with Crippen molar-refractivity contribution in [1.29, 1.82) is 0 Å². The van der Waals surface area contributed by atoms with Crippen molar-refractivity contribution >= 4 is 5.97 Å². The number of carbonyl (C=O) groups excluding carboxylic acids is 1. The number of carbonyl (C=O) groups is 1. The van der Waals surface area contributed by atoms with Gasteiger partial charge in [0.2, 0.25) is 0 Å². The first-order valence-corrected chi connectivity index (χ1v) is 11.8. The Labute approximate surface area is 195 Å². The van der Waals surface area contributed by atoms with Crippen molar-refractivity contribution in [3.63, 3.8) is 0 Å². The van der Waals surface area contributed by atoms with Crippen molar-refractivity contribution in [2.75, 3.05) is 52.5 Å². The van der Waals surface area contributed by atoms with Crippen LogP contribution in [-0.4, -0.2) is 84.1 Å². The van der Waals surface area contributed by atoms with Crippen LogP contribution in [0.15, 0.2) is 42.6 Å². The molecule has 1 saturated heterocycles. The van der Waals surface area contributed by atoms with Crippen LogP contribution in [0, 0.1) is 5.82 Å². The molecular formula is C25H36FN3O4. The number of benzene rings is 1. The number of aromatic nitrogens is 1. The smallest absolute Gasteiger partial charge is 0.305 e. The molecule has 1 aromatic heterocycles. The van der Waals surface area contributed by atoms with Crippen molar-refractivity contribution in [2.24, 2.45) is 0 Å². The Hall–Kier alpha value is -2.26. The third-order valence-electron chi connectivity index (χ3n) is 5.80. The number of rotatable bonds is 13. The molecule has 3 rings (SSSR count). The second kappa shape index (κ2) is 13.4. The van der Waals surface area contributed by atoms with E-state index in [9.17, 15) is 14.3 Å². The van der Waals surface area contributed by atoms with Crippen LogP contribution in [0.2, 0.25) is 0 Å². The number of hydrogen-bond acceptors (Lipinski definition) is 6. The second-order valence-electron chi connectivity index (χ2n) is 8.49. The molecule has 1 aromatic carbocycles. The fraction of sp³-hybridized carbons (Fsp3) is 0.560. The maximum Gasteiger partial charge on any atom is 0.305 e. The van der Waals surface area contributed by atoms with Gasteiger partial charge in [-0.15, -0.1) is 0 Å². The number of aliphatic hydroxyl groups excluding tert-OH is 1. The largest absolute Gasteiger partial charge is 0.463 e. The van der Waals surface area contributed by atoms with Crippen LogP contribution >= 0.6 is 0 Å². The van der Waals surface area contributed by atoms with E-state index in [-0.39, 0.29) is 18.4 Å². The highest BCUT2D eigenvalue weighted by atomic mass is 19.1. The highest BCUT2D eigenvalue weighted by molar-refractivity contribution is 5.69. The zero-order valence-corrected chi connectivity index (χ0v) is 19.5. The van der Waals surface area contributed by atoms with E-state index in [0.29, 0.717) is 31.6 Å². The molecule has 1 fully saturated rings. The van der Waals surface area contributed by atoms with Crippen molar-refractivity contribution in [2.45, 2.75) is 39.0 Å². The molecule has 1 unspecified atom stereocenters. The van der Waals surface area contributed by atoms with Gasteiger partial charge < -0.3 is 19.1 Å². The van der Waals surface area contributed by atoms with Gasteiger partial charge in [0.1, 0.15) is 18.5 Å². The summed E-state index contributed by atoms with van der Waals surface area (Å²) in [7, 11) is 0. The molecule has 0 aliphatic carbocycles. The molecule has 0 saturated carbocycles. The fourth-order valence-corrected chi connectivity index (χ4v) is 3.95. The first-order valence-electron chi connectivity index (χ1n) is 11.8. The summed E-state index contributed by atoms with van der Waals surface area (Å²) in [6.45, 7) is 8.23. The van der Waals surface area contributed by atoms with Crippen molar-refractivity contribution in [3.05, 3.63) is 59.7 Å². The maximum absolute atomic E-state index is 14.2. The summed E-state index contributed by atoms with van der Waals surface area (Å²) >= 11 is 0. The zero-order valence-electron chi connectivity index (χ0n) is 19.5. The Kier molecular flexibility index (Phi) is 10.3. The minimum atomic E-state index is -0.773. The fourth-order valence-electron chi connectivity index (χ4n) is 3.95. The van der Waals surface area contributed by atoms with E-state index in [4.69, 9.17) is 9.47 Å². The van der Waals surface area contributed by atoms with Gasteiger partial charge in [-0.2, -0.15) is 0 Å². The Morgan fingerprint density at radius 3 is 2.79 bits per heavy atom. The molecule has 7 nitrogen and oxygen atoms in total. The molecule has 2 heterocycles. The number of halogens is 1. The standard InChI is InChI=1S/C25H36FN3O4/c1-2-6-25(31)33-20-23(30)19-28(12-11-27-13-15-32-16-14-27)18-22-8-5-10-29(22)17-21-7-3-4-9-24(21)26/h3-5,7-10,23,30H,2,6,11-20H2,1H3. The summed E-state index contributed by atoms with van der Waals surface area (Å²) in [6.07, 6.45) is 2.26. The summed E-state index contributed by atoms with van der Waals surface area (Å²) in [5.41, 5.74) is 1.67. The van der Waals surface area contributed by atoms with E-state index in [1.54, 1.807) is 12.1 Å². The lowest BCUT2D eigenvalue weighted by molar-refractivity contribution is -0.147. The van der Waals surface area contributed by atoms with Gasteiger partial charge in [0, 0.05) is 63.1 Å². The molecule has 0 radical (unpaired) electrons. The molecule has 0 bridgehead atoms. The lowest BCUT2D eigenvalue weighted by Gasteiger charge is -2.31. The van der Waals surface area contributed by atoms with Crippen LogP contribution in [-0.2, 0) is 27.4 Å². The molecule has 1 aliphatic heterocycles. The molecule has 1 aliphatic rings. The predicted octanol–water partition coefficient (Wildman–Crippen LogP) is 2.51. The van der Waals surface area contributed by atoms with E-state index >= 15 is 0 Å². The predicted molar refractivity (Wildman–Crippen MR) is 124 cm³/mol. The molecule has 182 valence electrons. The topological polar surface area (TPSA) is 67.2 Å². The maximum atomic E-state index is 14.2. The van der Waals surface area contributed by atoms with Gasteiger partial charge in [-0.25, -0.2) is 4.39 Å². The van der Waals surface area contributed by atoms with Crippen molar-refractivity contribution in [3.8, 4) is 0 Å². The van der Waals surface area contributed by atoms with E-state index in [1.165, 1.54) is 6.07 Å². The van der Waals surface area contributed by atoms with Gasteiger partial charge in [0.05, 0.1) is 19.8 Å². The Bertz CT molecular complexity index is 854. The highest BCUT2D eigenvalue weighted by Gasteiger charge is 2.18. The van der Waals surface area contributed by atoms with Crippen molar-refractivity contribution in [1.82, 2.24) is 14.4 Å². The molecule has 1 N–H and O–H groups in total. The number of nitrogens with zero attached hydrogens (tertiary/aromatic N) is 3. The second-order valence-corrected chi connectivity index (χ2v) is 8.49. The average Bonchev–Trinajstić information content (AvgIpc) is 3.25. The molecule has 2 aromatic rings. The first-order chi connectivity index (χ1) is 16.0. The average molecular weight is 462 g/mol. The molecule has 0 amide bonds. The molecule has 0 spiro atoms. The number of aliphatic hydroxyl groups is 1. The van der Waals surface area contributed by atoms with E-state index in [2.05, 4.69) is 9.80 Å². The summed E-state index contributed by atoms with van der Waals surface area (Å²) in [5.74, 6) is -0.499. The van der Waals surface area contributed by atoms with Gasteiger partial charge in [-0.3, -0.25) is 14.6 Å². The molecular weight excluding hydrogens is 425 g/mol. The van der Waals surface area contributed by atoms with Crippen LogP contribution in [0.1, 0.15) is 31.0 Å². The number of ether oxygens (including phenoxy) is 2. The van der Waals surface area contributed by atoms with Crippen molar-refractivity contribution < 1.29 is 23.8 Å². The lowest BCUT2D eigenvalue weighted by atomic mass is 10.2. The van der Waals surface area contributed by atoms with Gasteiger partial charge in [-0.1, -0.05) is 25.1 Å². The summed E-state index contributed by atoms with van der Waals surface area (Å²) in [4.78, 5) is 16.2. The van der Waals surface area contributed by atoms with Crippen LogP contribution < -0.4 is 0 Å².